The summed E-state index contributed by atoms with van der Waals surface area (Å²) in [7, 11) is 0. The average Bonchev–Trinajstić information content (AvgIpc) is 2.73. The van der Waals surface area contributed by atoms with Crippen LogP contribution in [0.5, 0.6) is 0 Å². The van der Waals surface area contributed by atoms with Gasteiger partial charge in [-0.25, -0.2) is 0 Å². The minimum Gasteiger partial charge on any atom is -0.340 e. The molecule has 0 unspecified atom stereocenters. The number of amides is 1. The van der Waals surface area contributed by atoms with Crippen LogP contribution in [0.1, 0.15) is 24.0 Å². The first-order valence-corrected chi connectivity index (χ1v) is 10.4. The third-order valence-corrected chi connectivity index (χ3v) is 5.61. The van der Waals surface area contributed by atoms with Crippen LogP contribution in [-0.2, 0) is 11.3 Å². The lowest BCUT2D eigenvalue weighted by Crippen LogP contribution is -2.15. The highest BCUT2D eigenvalue weighted by molar-refractivity contribution is 6.30. The minimum absolute atomic E-state index is 0.0362. The van der Waals surface area contributed by atoms with Crippen molar-refractivity contribution in [1.82, 2.24) is 4.57 Å². The molecular weight excluding hydrogens is 396 g/mol. The highest BCUT2D eigenvalue weighted by Gasteiger charge is 2.12. The van der Waals surface area contributed by atoms with Gasteiger partial charge in [-0.2, -0.15) is 0 Å². The molecule has 0 saturated heterocycles. The molecule has 4 nitrogen and oxygen atoms in total. The summed E-state index contributed by atoms with van der Waals surface area (Å²) in [5.74, 6) is -0.0362. The Kier molecular flexibility index (Phi) is 5.60. The number of aromatic nitrogens is 1. The molecule has 0 aliphatic heterocycles. The molecule has 1 aromatic heterocycles. The van der Waals surface area contributed by atoms with Crippen LogP contribution < -0.4 is 10.7 Å². The lowest BCUT2D eigenvalue weighted by atomic mass is 10.1. The molecule has 0 aliphatic carbocycles. The molecule has 152 valence electrons. The third-order valence-electron chi connectivity index (χ3n) is 5.38. The van der Waals surface area contributed by atoms with Crippen molar-refractivity contribution in [3.05, 3.63) is 87.0 Å². The number of hydrogen-bond acceptors (Lipinski definition) is 2. The Morgan fingerprint density at radius 1 is 0.967 bits per heavy atom. The van der Waals surface area contributed by atoms with E-state index in [1.54, 1.807) is 6.07 Å². The van der Waals surface area contributed by atoms with Crippen molar-refractivity contribution in [3.8, 4) is 0 Å². The van der Waals surface area contributed by atoms with Crippen LogP contribution in [0.4, 0.5) is 5.69 Å². The van der Waals surface area contributed by atoms with Gasteiger partial charge in [-0.3, -0.25) is 9.59 Å². The van der Waals surface area contributed by atoms with Crippen LogP contribution in [-0.4, -0.2) is 10.5 Å². The van der Waals surface area contributed by atoms with Crippen molar-refractivity contribution in [2.75, 3.05) is 5.32 Å². The van der Waals surface area contributed by atoms with Crippen molar-refractivity contribution < 1.29 is 4.79 Å². The first-order chi connectivity index (χ1) is 14.4. The molecule has 3 aromatic carbocycles. The molecule has 0 radical (unpaired) electrons. The summed E-state index contributed by atoms with van der Waals surface area (Å²) in [5, 5.41) is 5.03. The number of para-hydroxylation sites is 1. The molecule has 4 aromatic rings. The van der Waals surface area contributed by atoms with Crippen molar-refractivity contribution in [3.63, 3.8) is 0 Å². The van der Waals surface area contributed by atoms with Crippen LogP contribution in [0.2, 0.25) is 5.02 Å². The number of hydrogen-bond donors (Lipinski definition) is 1. The quantitative estimate of drug-likeness (QED) is 0.413. The normalized spacial score (nSPS) is 11.2. The highest BCUT2D eigenvalue weighted by atomic mass is 35.5. The Morgan fingerprint density at radius 2 is 1.73 bits per heavy atom. The summed E-state index contributed by atoms with van der Waals surface area (Å²) in [5.41, 5.74) is 4.62. The molecule has 0 fully saturated rings. The van der Waals surface area contributed by atoms with Crippen LogP contribution in [0, 0.1) is 13.8 Å². The maximum absolute atomic E-state index is 12.9. The van der Waals surface area contributed by atoms with Crippen molar-refractivity contribution in [1.29, 1.82) is 0 Å². The van der Waals surface area contributed by atoms with E-state index in [1.807, 2.05) is 68.4 Å². The van der Waals surface area contributed by atoms with Crippen LogP contribution in [0.25, 0.3) is 21.8 Å². The number of carbonyl (C=O) groups is 1. The van der Waals surface area contributed by atoms with E-state index in [0.29, 0.717) is 29.8 Å². The predicted octanol–water partition coefficient (Wildman–Crippen LogP) is 5.84. The molecule has 30 heavy (non-hydrogen) atoms. The predicted molar refractivity (Wildman–Crippen MR) is 125 cm³/mol. The summed E-state index contributed by atoms with van der Waals surface area (Å²) in [6.45, 7) is 4.55. The van der Waals surface area contributed by atoms with Gasteiger partial charge in [0.05, 0.1) is 11.0 Å². The van der Waals surface area contributed by atoms with Gasteiger partial charge in [0.2, 0.25) is 5.91 Å². The van der Waals surface area contributed by atoms with Gasteiger partial charge in [0.1, 0.15) is 0 Å². The maximum Gasteiger partial charge on any atom is 0.224 e. The molecule has 0 bridgehead atoms. The molecular formula is C25H23ClN2O2. The van der Waals surface area contributed by atoms with Gasteiger partial charge >= 0.3 is 0 Å². The van der Waals surface area contributed by atoms with E-state index in [-0.39, 0.29) is 11.3 Å². The second-order valence-electron chi connectivity index (χ2n) is 7.63. The van der Waals surface area contributed by atoms with Gasteiger partial charge in [-0.15, -0.1) is 0 Å². The van der Waals surface area contributed by atoms with Gasteiger partial charge in [-0.1, -0.05) is 35.4 Å². The van der Waals surface area contributed by atoms with E-state index < -0.39 is 0 Å². The first-order valence-electron chi connectivity index (χ1n) is 10.0. The molecule has 0 spiro atoms. The molecule has 5 heteroatoms. The van der Waals surface area contributed by atoms with E-state index in [2.05, 4.69) is 9.88 Å². The van der Waals surface area contributed by atoms with E-state index in [1.165, 1.54) is 0 Å². The fraction of sp³-hybridized carbons (Fsp3) is 0.200. The Labute approximate surface area is 180 Å². The standard InChI is InChI=1S/C25H23ClN2O2/c1-16-9-12-23-20(14-16)25(30)19-6-3-4-7-22(19)28(23)13-5-8-24(29)27-21-11-10-18(26)15-17(21)2/h3-4,6-7,9-12,14-15H,5,8,13H2,1-2H3,(H,27,29). The van der Waals surface area contributed by atoms with Crippen LogP contribution in [0.3, 0.4) is 0 Å². The molecule has 4 rings (SSSR count). The first kappa shape index (κ1) is 20.2. The molecule has 1 N–H and O–H groups in total. The number of benzene rings is 3. The minimum atomic E-state index is -0.0362. The van der Waals surface area contributed by atoms with Gasteiger partial charge in [0.15, 0.2) is 5.43 Å². The molecule has 0 saturated carbocycles. The topological polar surface area (TPSA) is 51.1 Å². The summed E-state index contributed by atoms with van der Waals surface area (Å²) in [4.78, 5) is 25.4. The van der Waals surface area contributed by atoms with Crippen LogP contribution >= 0.6 is 11.6 Å². The number of rotatable bonds is 5. The van der Waals surface area contributed by atoms with Crippen LogP contribution in [0.15, 0.2) is 65.5 Å². The zero-order valence-electron chi connectivity index (χ0n) is 17.0. The highest BCUT2D eigenvalue weighted by Crippen LogP contribution is 2.22. The van der Waals surface area contributed by atoms with E-state index in [4.69, 9.17) is 11.6 Å². The lowest BCUT2D eigenvalue weighted by molar-refractivity contribution is -0.116. The lowest BCUT2D eigenvalue weighted by Gasteiger charge is -2.16. The summed E-state index contributed by atoms with van der Waals surface area (Å²) in [6.07, 6.45) is 1.05. The third kappa shape index (κ3) is 3.96. The van der Waals surface area contributed by atoms with Crippen molar-refractivity contribution in [2.45, 2.75) is 33.2 Å². The Hall–Kier alpha value is -3.11. The number of fused-ring (bicyclic) bond motifs is 2. The molecule has 0 atom stereocenters. The number of aryl methyl sites for hydroxylation is 3. The second-order valence-corrected chi connectivity index (χ2v) is 8.07. The fourth-order valence-electron chi connectivity index (χ4n) is 3.86. The van der Waals surface area contributed by atoms with Gasteiger partial charge < -0.3 is 9.88 Å². The second kappa shape index (κ2) is 8.33. The van der Waals surface area contributed by atoms with E-state index in [9.17, 15) is 9.59 Å². The van der Waals surface area contributed by atoms with Gasteiger partial charge in [0.25, 0.3) is 0 Å². The molecule has 1 heterocycles. The maximum atomic E-state index is 12.9. The number of halogens is 1. The Balaban J connectivity index is 1.58. The number of carbonyl (C=O) groups excluding carboxylic acids is 1. The smallest absolute Gasteiger partial charge is 0.224 e. The zero-order valence-corrected chi connectivity index (χ0v) is 17.8. The fourth-order valence-corrected chi connectivity index (χ4v) is 4.09. The number of nitrogens with zero attached hydrogens (tertiary/aromatic N) is 1. The number of anilines is 1. The molecule has 0 aliphatic rings. The van der Waals surface area contributed by atoms with Crippen molar-refractivity contribution in [2.24, 2.45) is 0 Å². The van der Waals surface area contributed by atoms with Gasteiger partial charge in [-0.05, 0) is 68.3 Å². The summed E-state index contributed by atoms with van der Waals surface area (Å²) >= 11 is 5.98. The molecule has 1 amide bonds. The largest absolute Gasteiger partial charge is 0.340 e. The summed E-state index contributed by atoms with van der Waals surface area (Å²) < 4.78 is 2.15. The zero-order chi connectivity index (χ0) is 21.3. The van der Waals surface area contributed by atoms with E-state index >= 15 is 0 Å². The Morgan fingerprint density at radius 3 is 2.53 bits per heavy atom. The summed E-state index contributed by atoms with van der Waals surface area (Å²) in [6, 6.07) is 19.0. The number of pyridine rings is 1. The SMILES string of the molecule is Cc1ccc2c(c1)c(=O)c1ccccc1n2CCCC(=O)Nc1ccc(Cl)cc1C. The van der Waals surface area contributed by atoms with Crippen molar-refractivity contribution >= 4 is 45.0 Å². The Bertz CT molecular complexity index is 1320. The monoisotopic (exact) mass is 418 g/mol. The average molecular weight is 419 g/mol. The number of nitrogens with one attached hydrogen (secondary N) is 1. The van der Waals surface area contributed by atoms with E-state index in [0.717, 1.165) is 33.2 Å². The van der Waals surface area contributed by atoms with Gasteiger partial charge in [0, 0.05) is 34.4 Å².